The molecule has 0 saturated heterocycles. The number of ether oxygens (including phenoxy) is 1. The van der Waals surface area contributed by atoms with E-state index >= 15 is 0 Å². The predicted octanol–water partition coefficient (Wildman–Crippen LogP) is 5.44. The molecule has 0 bridgehead atoms. The molecule has 0 fully saturated rings. The van der Waals surface area contributed by atoms with Gasteiger partial charge in [-0.2, -0.15) is 0 Å². The minimum absolute atomic E-state index is 0.118. The molecule has 0 N–H and O–H groups in total. The van der Waals surface area contributed by atoms with Gasteiger partial charge in [0.2, 0.25) is 0 Å². The second-order valence-electron chi connectivity index (χ2n) is 6.19. The van der Waals surface area contributed by atoms with Crippen molar-refractivity contribution in [3.63, 3.8) is 0 Å². The third kappa shape index (κ3) is 4.28. The molecular formula is C18H21ClO. The number of benzene rings is 2. The van der Waals surface area contributed by atoms with Crippen LogP contribution in [-0.4, -0.2) is 6.61 Å². The third-order valence-electron chi connectivity index (χ3n) is 2.94. The zero-order chi connectivity index (χ0) is 14.6. The van der Waals surface area contributed by atoms with Crippen LogP contribution in [-0.2, 0) is 0 Å². The third-order valence-corrected chi connectivity index (χ3v) is 3.44. The van der Waals surface area contributed by atoms with Crippen LogP contribution < -0.4 is 4.74 Å². The van der Waals surface area contributed by atoms with Crippen molar-refractivity contribution in [1.82, 2.24) is 0 Å². The van der Waals surface area contributed by atoms with Crippen LogP contribution in [0.15, 0.2) is 54.6 Å². The minimum Gasteiger partial charge on any atom is -0.493 e. The molecular weight excluding hydrogens is 268 g/mol. The van der Waals surface area contributed by atoms with E-state index in [9.17, 15) is 0 Å². The Morgan fingerprint density at radius 1 is 0.900 bits per heavy atom. The smallest absolute Gasteiger partial charge is 0.119 e. The maximum Gasteiger partial charge on any atom is 0.119 e. The summed E-state index contributed by atoms with van der Waals surface area (Å²) in [4.78, 5) is 0. The summed E-state index contributed by atoms with van der Waals surface area (Å²) in [5.74, 6) is 0.889. The molecule has 0 saturated carbocycles. The van der Waals surface area contributed by atoms with E-state index in [-0.39, 0.29) is 10.8 Å². The van der Waals surface area contributed by atoms with Crippen molar-refractivity contribution in [2.45, 2.75) is 26.1 Å². The Labute approximate surface area is 126 Å². The van der Waals surface area contributed by atoms with Gasteiger partial charge in [0.05, 0.1) is 12.0 Å². The lowest BCUT2D eigenvalue weighted by Crippen LogP contribution is -2.16. The summed E-state index contributed by atoms with van der Waals surface area (Å²) >= 11 is 6.49. The first-order valence-electron chi connectivity index (χ1n) is 6.87. The van der Waals surface area contributed by atoms with E-state index in [1.165, 1.54) is 0 Å². The maximum absolute atomic E-state index is 6.49. The molecule has 0 heterocycles. The number of hydrogen-bond acceptors (Lipinski definition) is 1. The summed E-state index contributed by atoms with van der Waals surface area (Å²) in [5, 5.41) is -0.118. The quantitative estimate of drug-likeness (QED) is 0.681. The molecule has 1 atom stereocenters. The highest BCUT2D eigenvalue weighted by molar-refractivity contribution is 6.22. The molecule has 0 aromatic heterocycles. The van der Waals surface area contributed by atoms with Gasteiger partial charge < -0.3 is 4.74 Å². The van der Waals surface area contributed by atoms with Crippen molar-refractivity contribution in [1.29, 1.82) is 0 Å². The predicted molar refractivity (Wildman–Crippen MR) is 85.5 cm³/mol. The Balaban J connectivity index is 2.05. The Morgan fingerprint density at radius 3 is 2.00 bits per heavy atom. The summed E-state index contributed by atoms with van der Waals surface area (Å²) in [6.45, 7) is 7.18. The van der Waals surface area contributed by atoms with E-state index in [2.05, 4.69) is 20.8 Å². The van der Waals surface area contributed by atoms with E-state index in [4.69, 9.17) is 16.3 Å². The van der Waals surface area contributed by atoms with Crippen LogP contribution in [0.4, 0.5) is 0 Å². The van der Waals surface area contributed by atoms with Crippen LogP contribution in [0.1, 0.15) is 37.3 Å². The topological polar surface area (TPSA) is 9.23 Å². The van der Waals surface area contributed by atoms with Gasteiger partial charge in [0.1, 0.15) is 5.75 Å². The first-order valence-corrected chi connectivity index (χ1v) is 7.31. The van der Waals surface area contributed by atoms with Crippen molar-refractivity contribution in [3.8, 4) is 5.75 Å². The monoisotopic (exact) mass is 288 g/mol. The van der Waals surface area contributed by atoms with E-state index in [1.807, 2.05) is 54.6 Å². The second-order valence-corrected chi connectivity index (χ2v) is 6.63. The minimum atomic E-state index is -0.118. The van der Waals surface area contributed by atoms with E-state index in [1.54, 1.807) is 0 Å². The lowest BCUT2D eigenvalue weighted by molar-refractivity contribution is 0.198. The highest BCUT2D eigenvalue weighted by Crippen LogP contribution is 2.29. The van der Waals surface area contributed by atoms with Crippen LogP contribution >= 0.6 is 11.6 Å². The molecule has 2 aromatic carbocycles. The van der Waals surface area contributed by atoms with Gasteiger partial charge in [0, 0.05) is 0 Å². The molecule has 0 amide bonds. The fourth-order valence-electron chi connectivity index (χ4n) is 1.85. The number of hydrogen-bond donors (Lipinski definition) is 0. The zero-order valence-corrected chi connectivity index (χ0v) is 13.0. The van der Waals surface area contributed by atoms with E-state index in [0.29, 0.717) is 6.61 Å². The fourth-order valence-corrected chi connectivity index (χ4v) is 2.14. The standard InChI is InChI=1S/C18H21ClO/c1-18(2,3)13-20-16-11-9-15(10-12-16)17(19)14-7-5-4-6-8-14/h4-12,17H,13H2,1-3H3. The van der Waals surface area contributed by atoms with Crippen LogP contribution in [0, 0.1) is 5.41 Å². The summed E-state index contributed by atoms with van der Waals surface area (Å²) in [7, 11) is 0. The van der Waals surface area contributed by atoms with Gasteiger partial charge >= 0.3 is 0 Å². The Kier molecular flexibility index (Phi) is 4.72. The number of halogens is 1. The van der Waals surface area contributed by atoms with Crippen molar-refractivity contribution < 1.29 is 4.74 Å². The Morgan fingerprint density at radius 2 is 1.45 bits per heavy atom. The van der Waals surface area contributed by atoms with Gasteiger partial charge in [0.15, 0.2) is 0 Å². The molecule has 106 valence electrons. The highest BCUT2D eigenvalue weighted by Gasteiger charge is 2.12. The molecule has 2 heteroatoms. The normalized spacial score (nSPS) is 13.0. The van der Waals surface area contributed by atoms with Gasteiger partial charge in [-0.3, -0.25) is 0 Å². The van der Waals surface area contributed by atoms with Crippen molar-refractivity contribution in [2.75, 3.05) is 6.61 Å². The molecule has 0 aliphatic rings. The van der Waals surface area contributed by atoms with Gasteiger partial charge in [0.25, 0.3) is 0 Å². The van der Waals surface area contributed by atoms with Crippen molar-refractivity contribution in [2.24, 2.45) is 5.41 Å². The summed E-state index contributed by atoms with van der Waals surface area (Å²) in [6, 6.07) is 18.1. The van der Waals surface area contributed by atoms with Crippen LogP contribution in [0.5, 0.6) is 5.75 Å². The van der Waals surface area contributed by atoms with E-state index in [0.717, 1.165) is 16.9 Å². The van der Waals surface area contributed by atoms with Gasteiger partial charge in [-0.15, -0.1) is 11.6 Å². The molecule has 20 heavy (non-hydrogen) atoms. The molecule has 1 nitrogen and oxygen atoms in total. The summed E-state index contributed by atoms with van der Waals surface area (Å²) in [5.41, 5.74) is 2.36. The van der Waals surface area contributed by atoms with E-state index < -0.39 is 0 Å². The second kappa shape index (κ2) is 6.32. The Bertz CT molecular complexity index is 526. The van der Waals surface area contributed by atoms with Crippen LogP contribution in [0.3, 0.4) is 0 Å². The fraction of sp³-hybridized carbons (Fsp3) is 0.333. The lowest BCUT2D eigenvalue weighted by atomic mass is 9.99. The van der Waals surface area contributed by atoms with Crippen molar-refractivity contribution >= 4 is 11.6 Å². The largest absolute Gasteiger partial charge is 0.493 e. The molecule has 0 radical (unpaired) electrons. The maximum atomic E-state index is 6.49. The molecule has 0 aliphatic heterocycles. The Hall–Kier alpha value is -1.47. The van der Waals surface area contributed by atoms with Gasteiger partial charge in [-0.25, -0.2) is 0 Å². The molecule has 1 unspecified atom stereocenters. The summed E-state index contributed by atoms with van der Waals surface area (Å²) < 4.78 is 5.77. The molecule has 0 spiro atoms. The summed E-state index contributed by atoms with van der Waals surface area (Å²) in [6.07, 6.45) is 0. The first kappa shape index (κ1) is 14.9. The van der Waals surface area contributed by atoms with Gasteiger partial charge in [-0.05, 0) is 28.7 Å². The zero-order valence-electron chi connectivity index (χ0n) is 12.3. The van der Waals surface area contributed by atoms with Crippen molar-refractivity contribution in [3.05, 3.63) is 65.7 Å². The highest BCUT2D eigenvalue weighted by atomic mass is 35.5. The number of alkyl halides is 1. The SMILES string of the molecule is CC(C)(C)COc1ccc(C(Cl)c2ccccc2)cc1. The van der Waals surface area contributed by atoms with Gasteiger partial charge in [-0.1, -0.05) is 63.2 Å². The average Bonchev–Trinajstić information content (AvgIpc) is 2.45. The molecule has 2 aromatic rings. The molecule has 2 rings (SSSR count). The van der Waals surface area contributed by atoms with Crippen LogP contribution in [0.25, 0.3) is 0 Å². The first-order chi connectivity index (χ1) is 9.46. The molecule has 0 aliphatic carbocycles. The average molecular weight is 289 g/mol. The number of rotatable bonds is 4. The lowest BCUT2D eigenvalue weighted by Gasteiger charge is -2.19. The van der Waals surface area contributed by atoms with Crippen LogP contribution in [0.2, 0.25) is 0 Å².